The Hall–Kier alpha value is -1.29. The zero-order valence-corrected chi connectivity index (χ0v) is 11.5. The summed E-state index contributed by atoms with van der Waals surface area (Å²) in [4.78, 5) is 0. The molecule has 0 saturated heterocycles. The van der Waals surface area contributed by atoms with E-state index in [1.807, 2.05) is 25.1 Å². The molecule has 3 rings (SSSR count). The van der Waals surface area contributed by atoms with E-state index in [2.05, 4.69) is 0 Å². The molecule has 0 spiro atoms. The summed E-state index contributed by atoms with van der Waals surface area (Å²) in [6, 6.07) is 6.04. The van der Waals surface area contributed by atoms with E-state index in [0.717, 1.165) is 47.8 Å². The van der Waals surface area contributed by atoms with E-state index in [9.17, 15) is 8.42 Å². The molecule has 0 saturated carbocycles. The van der Waals surface area contributed by atoms with Crippen LogP contribution < -0.4 is 0 Å². The van der Waals surface area contributed by atoms with Gasteiger partial charge >= 0.3 is 0 Å². The second kappa shape index (κ2) is 3.85. The molecule has 0 unspecified atom stereocenters. The highest BCUT2D eigenvalue weighted by Crippen LogP contribution is 2.34. The zero-order valence-electron chi connectivity index (χ0n) is 10.7. The van der Waals surface area contributed by atoms with Gasteiger partial charge in [-0.15, -0.1) is 0 Å². The molecule has 1 aliphatic rings. The first-order valence-electron chi connectivity index (χ1n) is 6.32. The Morgan fingerprint density at radius 2 is 1.89 bits per heavy atom. The van der Waals surface area contributed by atoms with E-state index < -0.39 is 10.0 Å². The molecule has 0 amide bonds. The van der Waals surface area contributed by atoms with Crippen LogP contribution in [-0.2, 0) is 22.9 Å². The molecule has 0 bridgehead atoms. The summed E-state index contributed by atoms with van der Waals surface area (Å²) in [6.45, 7) is 1.98. The van der Waals surface area contributed by atoms with Crippen molar-refractivity contribution in [3.05, 3.63) is 35.0 Å². The van der Waals surface area contributed by atoms with Gasteiger partial charge in [0.05, 0.1) is 11.8 Å². The third-order valence-corrected chi connectivity index (χ3v) is 4.85. The van der Waals surface area contributed by atoms with Gasteiger partial charge in [0.1, 0.15) is 0 Å². The third kappa shape index (κ3) is 1.59. The minimum Gasteiger partial charge on any atom is -0.242 e. The van der Waals surface area contributed by atoms with E-state index in [4.69, 9.17) is 0 Å². The van der Waals surface area contributed by atoms with Crippen LogP contribution in [-0.4, -0.2) is 18.6 Å². The number of benzene rings is 1. The average Bonchev–Trinajstić information content (AvgIpc) is 2.65. The molecule has 18 heavy (non-hydrogen) atoms. The standard InChI is InChI=1S/C14H17NO2S/c1-10-6-5-8-12-11-7-3-4-9-13(11)15(14(10)12)18(2,16)17/h5-6,8H,3-4,7,9H2,1-2H3. The molecular formula is C14H17NO2S. The van der Waals surface area contributed by atoms with Crippen LogP contribution in [0.4, 0.5) is 0 Å². The van der Waals surface area contributed by atoms with Crippen LogP contribution in [0.15, 0.2) is 18.2 Å². The van der Waals surface area contributed by atoms with Crippen molar-refractivity contribution in [1.29, 1.82) is 0 Å². The molecule has 4 heteroatoms. The van der Waals surface area contributed by atoms with Crippen molar-refractivity contribution in [2.24, 2.45) is 0 Å². The quantitative estimate of drug-likeness (QED) is 0.793. The summed E-state index contributed by atoms with van der Waals surface area (Å²) in [5, 5.41) is 1.12. The first-order valence-corrected chi connectivity index (χ1v) is 8.17. The molecule has 3 nitrogen and oxygen atoms in total. The lowest BCUT2D eigenvalue weighted by Gasteiger charge is -2.14. The van der Waals surface area contributed by atoms with Gasteiger partial charge < -0.3 is 0 Å². The molecule has 96 valence electrons. The molecule has 1 heterocycles. The molecule has 1 aliphatic carbocycles. The Labute approximate surface area is 107 Å². The van der Waals surface area contributed by atoms with E-state index >= 15 is 0 Å². The summed E-state index contributed by atoms with van der Waals surface area (Å²) in [5.41, 5.74) is 4.16. The van der Waals surface area contributed by atoms with Crippen molar-refractivity contribution in [2.75, 3.05) is 6.26 Å². The van der Waals surface area contributed by atoms with Gasteiger partial charge in [-0.05, 0) is 43.7 Å². The highest BCUT2D eigenvalue weighted by Gasteiger charge is 2.24. The van der Waals surface area contributed by atoms with Gasteiger partial charge in [0.15, 0.2) is 0 Å². The highest BCUT2D eigenvalue weighted by atomic mass is 32.2. The fraction of sp³-hybridized carbons (Fsp3) is 0.429. The number of para-hydroxylation sites is 1. The maximum Gasteiger partial charge on any atom is 0.236 e. The molecule has 0 fully saturated rings. The van der Waals surface area contributed by atoms with Gasteiger partial charge in [0.2, 0.25) is 10.0 Å². The van der Waals surface area contributed by atoms with Gasteiger partial charge in [-0.1, -0.05) is 18.2 Å². The number of hydrogen-bond acceptors (Lipinski definition) is 2. The van der Waals surface area contributed by atoms with E-state index in [1.54, 1.807) is 3.97 Å². The van der Waals surface area contributed by atoms with E-state index in [1.165, 1.54) is 11.8 Å². The van der Waals surface area contributed by atoms with Crippen molar-refractivity contribution in [2.45, 2.75) is 32.6 Å². The van der Waals surface area contributed by atoms with Crippen molar-refractivity contribution < 1.29 is 8.42 Å². The van der Waals surface area contributed by atoms with Crippen molar-refractivity contribution in [3.63, 3.8) is 0 Å². The monoisotopic (exact) mass is 263 g/mol. The van der Waals surface area contributed by atoms with Gasteiger partial charge in [-0.2, -0.15) is 0 Å². The predicted molar refractivity (Wildman–Crippen MR) is 73.6 cm³/mol. The maximum absolute atomic E-state index is 12.1. The summed E-state index contributed by atoms with van der Waals surface area (Å²) in [6.07, 6.45) is 5.41. The van der Waals surface area contributed by atoms with Gasteiger partial charge in [-0.25, -0.2) is 12.4 Å². The molecular weight excluding hydrogens is 246 g/mol. The minimum atomic E-state index is -3.23. The number of nitrogens with zero attached hydrogens (tertiary/aromatic N) is 1. The first-order chi connectivity index (χ1) is 8.50. The van der Waals surface area contributed by atoms with Crippen LogP contribution in [0, 0.1) is 6.92 Å². The topological polar surface area (TPSA) is 39.1 Å². The largest absolute Gasteiger partial charge is 0.242 e. The molecule has 0 N–H and O–H groups in total. The SMILES string of the molecule is Cc1cccc2c3c(n(S(C)(=O)=O)c12)CCCC3. The summed E-state index contributed by atoms with van der Waals surface area (Å²) in [7, 11) is -3.23. The lowest BCUT2D eigenvalue weighted by atomic mass is 9.95. The number of aryl methyl sites for hydroxylation is 2. The molecule has 0 aliphatic heterocycles. The van der Waals surface area contributed by atoms with E-state index in [-0.39, 0.29) is 0 Å². The highest BCUT2D eigenvalue weighted by molar-refractivity contribution is 7.89. The van der Waals surface area contributed by atoms with Crippen LogP contribution in [0.1, 0.15) is 29.7 Å². The number of hydrogen-bond donors (Lipinski definition) is 0. The summed E-state index contributed by atoms with van der Waals surface area (Å²) >= 11 is 0. The normalized spacial score (nSPS) is 15.9. The molecule has 1 aromatic heterocycles. The third-order valence-electron chi connectivity index (χ3n) is 3.78. The zero-order chi connectivity index (χ0) is 12.9. The lowest BCUT2D eigenvalue weighted by molar-refractivity contribution is 0.588. The molecule has 0 atom stereocenters. The van der Waals surface area contributed by atoms with Gasteiger partial charge in [-0.3, -0.25) is 0 Å². The Kier molecular flexibility index (Phi) is 2.52. The molecule has 1 aromatic carbocycles. The fourth-order valence-corrected chi connectivity index (χ4v) is 4.25. The molecule has 2 aromatic rings. The van der Waals surface area contributed by atoms with Gasteiger partial charge in [0, 0.05) is 11.1 Å². The second-order valence-electron chi connectivity index (χ2n) is 5.13. The van der Waals surface area contributed by atoms with E-state index in [0.29, 0.717) is 0 Å². The van der Waals surface area contributed by atoms with Crippen LogP contribution in [0.5, 0.6) is 0 Å². The van der Waals surface area contributed by atoms with Crippen molar-refractivity contribution in [1.82, 2.24) is 3.97 Å². The number of fused-ring (bicyclic) bond motifs is 3. The minimum absolute atomic E-state index is 0.872. The maximum atomic E-state index is 12.1. The molecule has 0 radical (unpaired) electrons. The first kappa shape index (κ1) is 11.8. The number of rotatable bonds is 1. The van der Waals surface area contributed by atoms with Gasteiger partial charge in [0.25, 0.3) is 0 Å². The smallest absolute Gasteiger partial charge is 0.236 e. The summed E-state index contributed by atoms with van der Waals surface area (Å²) < 4.78 is 25.8. The fourth-order valence-electron chi connectivity index (χ4n) is 3.08. The van der Waals surface area contributed by atoms with Crippen LogP contribution in [0.3, 0.4) is 0 Å². The Morgan fingerprint density at radius 3 is 2.61 bits per heavy atom. The van der Waals surface area contributed by atoms with Crippen LogP contribution >= 0.6 is 0 Å². The second-order valence-corrected chi connectivity index (χ2v) is 6.96. The van der Waals surface area contributed by atoms with Crippen LogP contribution in [0.25, 0.3) is 10.9 Å². The van der Waals surface area contributed by atoms with Crippen molar-refractivity contribution >= 4 is 20.9 Å². The predicted octanol–water partition coefficient (Wildman–Crippen LogP) is 2.64. The van der Waals surface area contributed by atoms with Crippen molar-refractivity contribution in [3.8, 4) is 0 Å². The average molecular weight is 263 g/mol. The summed E-state index contributed by atoms with van der Waals surface area (Å²) in [5.74, 6) is 0. The Balaban J connectivity index is 2.53. The van der Waals surface area contributed by atoms with Crippen LogP contribution in [0.2, 0.25) is 0 Å². The number of aromatic nitrogens is 1. The Morgan fingerprint density at radius 1 is 1.17 bits per heavy atom. The lowest BCUT2D eigenvalue weighted by Crippen LogP contribution is -2.16. The Bertz CT molecular complexity index is 726.